The number of hydrogen-bond donors (Lipinski definition) is 2. The first-order chi connectivity index (χ1) is 11.8. The lowest BCUT2D eigenvalue weighted by molar-refractivity contribution is -0.120. The first-order valence-corrected chi connectivity index (χ1v) is 10.3. The van der Waals surface area contributed by atoms with Crippen LogP contribution in [0.5, 0.6) is 0 Å². The van der Waals surface area contributed by atoms with Crippen molar-refractivity contribution < 1.29 is 17.6 Å². The van der Waals surface area contributed by atoms with E-state index in [-0.39, 0.29) is 36.1 Å². The van der Waals surface area contributed by atoms with E-state index in [0.717, 1.165) is 4.47 Å². The molecule has 0 aromatic heterocycles. The van der Waals surface area contributed by atoms with Crippen LogP contribution in [0.4, 0.5) is 4.39 Å². The zero-order valence-electron chi connectivity index (χ0n) is 12.9. The Bertz CT molecular complexity index is 858. The lowest BCUT2D eigenvalue weighted by Gasteiger charge is -2.10. The Balaban J connectivity index is 1.81. The molecule has 2 rings (SSSR count). The number of nitrogens with one attached hydrogen (secondary N) is 2. The molecule has 0 saturated carbocycles. The van der Waals surface area contributed by atoms with E-state index < -0.39 is 10.0 Å². The monoisotopic (exact) mass is 492 g/mol. The van der Waals surface area contributed by atoms with E-state index in [1.165, 1.54) is 30.3 Å². The zero-order chi connectivity index (χ0) is 18.4. The lowest BCUT2D eigenvalue weighted by atomic mass is 10.1. The van der Waals surface area contributed by atoms with Crippen molar-refractivity contribution in [2.45, 2.75) is 11.3 Å². The van der Waals surface area contributed by atoms with E-state index in [2.05, 4.69) is 41.9 Å². The second kappa shape index (κ2) is 8.88. The minimum absolute atomic E-state index is 0.0556. The van der Waals surface area contributed by atoms with E-state index in [1.807, 2.05) is 0 Å². The quantitative estimate of drug-likeness (QED) is 0.582. The molecule has 0 radical (unpaired) electrons. The molecule has 1 amide bonds. The van der Waals surface area contributed by atoms with Gasteiger partial charge in [-0.1, -0.05) is 28.1 Å². The Kier molecular flexibility index (Phi) is 7.12. The Morgan fingerprint density at radius 3 is 2.36 bits per heavy atom. The van der Waals surface area contributed by atoms with Crippen LogP contribution < -0.4 is 10.0 Å². The molecule has 0 aliphatic carbocycles. The second-order valence-corrected chi connectivity index (χ2v) is 8.63. The van der Waals surface area contributed by atoms with E-state index in [4.69, 9.17) is 0 Å². The molecule has 134 valence electrons. The highest BCUT2D eigenvalue weighted by atomic mass is 79.9. The van der Waals surface area contributed by atoms with Gasteiger partial charge in [-0.15, -0.1) is 0 Å². The van der Waals surface area contributed by atoms with Gasteiger partial charge in [0.15, 0.2) is 0 Å². The number of amides is 1. The molecule has 0 saturated heterocycles. The lowest BCUT2D eigenvalue weighted by Crippen LogP contribution is -2.35. The van der Waals surface area contributed by atoms with Crippen molar-refractivity contribution in [3.05, 3.63) is 62.8 Å². The molecular weight excluding hydrogens is 479 g/mol. The number of halogens is 3. The molecule has 0 atom stereocenters. The molecule has 0 fully saturated rings. The van der Waals surface area contributed by atoms with Crippen LogP contribution in [-0.4, -0.2) is 27.4 Å². The highest BCUT2D eigenvalue weighted by Gasteiger charge is 2.17. The van der Waals surface area contributed by atoms with Crippen LogP contribution in [0.25, 0.3) is 0 Å². The Morgan fingerprint density at radius 1 is 1.04 bits per heavy atom. The number of carbonyl (C=O) groups is 1. The van der Waals surface area contributed by atoms with E-state index >= 15 is 0 Å². The van der Waals surface area contributed by atoms with E-state index in [9.17, 15) is 17.6 Å². The van der Waals surface area contributed by atoms with Crippen LogP contribution >= 0.6 is 31.9 Å². The van der Waals surface area contributed by atoms with Crippen molar-refractivity contribution >= 4 is 47.8 Å². The van der Waals surface area contributed by atoms with Gasteiger partial charge in [0.25, 0.3) is 0 Å². The van der Waals surface area contributed by atoms with Gasteiger partial charge >= 0.3 is 0 Å². The van der Waals surface area contributed by atoms with Crippen LogP contribution in [-0.2, 0) is 21.2 Å². The van der Waals surface area contributed by atoms with Crippen molar-refractivity contribution in [2.75, 3.05) is 13.1 Å². The SMILES string of the molecule is O=C(Cc1ccc(F)cc1)NCCNS(=O)(=O)c1ccc(Br)cc1Br. The topological polar surface area (TPSA) is 75.3 Å². The van der Waals surface area contributed by atoms with Gasteiger partial charge in [0.05, 0.1) is 11.3 Å². The number of benzene rings is 2. The maximum absolute atomic E-state index is 12.8. The van der Waals surface area contributed by atoms with Gasteiger partial charge in [-0.3, -0.25) is 4.79 Å². The highest BCUT2D eigenvalue weighted by Crippen LogP contribution is 2.25. The fourth-order valence-electron chi connectivity index (χ4n) is 2.01. The highest BCUT2D eigenvalue weighted by molar-refractivity contribution is 9.11. The summed E-state index contributed by atoms with van der Waals surface area (Å²) in [6.45, 7) is 0.202. The fourth-order valence-corrected chi connectivity index (χ4v) is 4.78. The molecule has 2 aromatic rings. The van der Waals surface area contributed by atoms with E-state index in [0.29, 0.717) is 10.0 Å². The minimum atomic E-state index is -3.68. The van der Waals surface area contributed by atoms with Gasteiger partial charge in [0.2, 0.25) is 15.9 Å². The summed E-state index contributed by atoms with van der Waals surface area (Å²) >= 11 is 6.47. The third kappa shape index (κ3) is 6.18. The first-order valence-electron chi connectivity index (χ1n) is 7.24. The molecule has 0 heterocycles. The average Bonchev–Trinajstić information content (AvgIpc) is 2.53. The molecule has 0 spiro atoms. The second-order valence-electron chi connectivity index (χ2n) is 5.13. The van der Waals surface area contributed by atoms with Gasteiger partial charge in [-0.25, -0.2) is 17.5 Å². The predicted octanol–water partition coefficient (Wildman–Crippen LogP) is 2.99. The molecule has 9 heteroatoms. The largest absolute Gasteiger partial charge is 0.355 e. The van der Waals surface area contributed by atoms with Crippen molar-refractivity contribution in [1.29, 1.82) is 0 Å². The summed E-state index contributed by atoms with van der Waals surface area (Å²) < 4.78 is 40.9. The van der Waals surface area contributed by atoms with Crippen LogP contribution in [0, 0.1) is 5.82 Å². The molecule has 2 aromatic carbocycles. The van der Waals surface area contributed by atoms with Gasteiger partial charge in [-0.05, 0) is 51.8 Å². The molecule has 5 nitrogen and oxygen atoms in total. The van der Waals surface area contributed by atoms with Gasteiger partial charge in [0, 0.05) is 22.0 Å². The van der Waals surface area contributed by atoms with Crippen molar-refractivity contribution in [1.82, 2.24) is 10.0 Å². The Morgan fingerprint density at radius 2 is 1.72 bits per heavy atom. The molecule has 0 aliphatic heterocycles. The first kappa shape index (κ1) is 20.0. The summed E-state index contributed by atoms with van der Waals surface area (Å²) in [7, 11) is -3.68. The Hall–Kier alpha value is -1.29. The molecule has 0 bridgehead atoms. The number of carbonyl (C=O) groups excluding carboxylic acids is 1. The molecular formula is C16H15Br2FN2O3S. The summed E-state index contributed by atoms with van der Waals surface area (Å²) in [5.41, 5.74) is 0.679. The third-order valence-electron chi connectivity index (χ3n) is 3.20. The molecule has 0 unspecified atom stereocenters. The fraction of sp³-hybridized carbons (Fsp3) is 0.188. The van der Waals surface area contributed by atoms with Crippen LogP contribution in [0.1, 0.15) is 5.56 Å². The van der Waals surface area contributed by atoms with Crippen LogP contribution in [0.2, 0.25) is 0 Å². The maximum atomic E-state index is 12.8. The maximum Gasteiger partial charge on any atom is 0.241 e. The molecule has 0 aliphatic rings. The van der Waals surface area contributed by atoms with Crippen molar-refractivity contribution in [3.63, 3.8) is 0 Å². The van der Waals surface area contributed by atoms with Crippen LogP contribution in [0.15, 0.2) is 56.3 Å². The number of rotatable bonds is 7. The van der Waals surface area contributed by atoms with Crippen LogP contribution in [0.3, 0.4) is 0 Å². The van der Waals surface area contributed by atoms with E-state index in [1.54, 1.807) is 12.1 Å². The summed E-state index contributed by atoms with van der Waals surface area (Å²) in [6.07, 6.45) is 0.102. The molecule has 25 heavy (non-hydrogen) atoms. The predicted molar refractivity (Wildman–Crippen MR) is 100 cm³/mol. The minimum Gasteiger partial charge on any atom is -0.355 e. The number of sulfonamides is 1. The van der Waals surface area contributed by atoms with Crippen molar-refractivity contribution in [2.24, 2.45) is 0 Å². The van der Waals surface area contributed by atoms with Gasteiger partial charge in [0.1, 0.15) is 5.82 Å². The summed E-state index contributed by atoms with van der Waals surface area (Å²) in [4.78, 5) is 11.9. The van der Waals surface area contributed by atoms with Gasteiger partial charge < -0.3 is 5.32 Å². The van der Waals surface area contributed by atoms with Gasteiger partial charge in [-0.2, -0.15) is 0 Å². The van der Waals surface area contributed by atoms with Crippen molar-refractivity contribution in [3.8, 4) is 0 Å². The number of hydrogen-bond acceptors (Lipinski definition) is 3. The average molecular weight is 494 g/mol. The summed E-state index contributed by atoms with van der Waals surface area (Å²) in [6, 6.07) is 10.4. The Labute approximate surface area is 162 Å². The normalized spacial score (nSPS) is 11.3. The summed E-state index contributed by atoms with van der Waals surface area (Å²) in [5, 5.41) is 2.61. The third-order valence-corrected chi connectivity index (χ3v) is 6.13. The summed E-state index contributed by atoms with van der Waals surface area (Å²) in [5.74, 6) is -0.631. The molecule has 2 N–H and O–H groups in total. The zero-order valence-corrected chi connectivity index (χ0v) is 16.9. The smallest absolute Gasteiger partial charge is 0.241 e. The standard InChI is InChI=1S/C16H15Br2FN2O3S/c17-12-3-6-15(14(18)10-12)25(23,24)21-8-7-20-16(22)9-11-1-4-13(19)5-2-11/h1-6,10,21H,7-9H2,(H,20,22).